The van der Waals surface area contributed by atoms with Crippen molar-refractivity contribution in [3.63, 3.8) is 0 Å². The Kier molecular flexibility index (Phi) is 4.45. The highest BCUT2D eigenvalue weighted by molar-refractivity contribution is 6.09. The molecule has 0 aliphatic carbocycles. The second-order valence-electron chi connectivity index (χ2n) is 9.58. The van der Waals surface area contributed by atoms with Crippen molar-refractivity contribution >= 4 is 22.1 Å². The quantitative estimate of drug-likeness (QED) is 0.273. The average molecular weight is 434 g/mol. The van der Waals surface area contributed by atoms with Crippen LogP contribution >= 0.6 is 0 Å². The first kappa shape index (κ1) is 20.2. The van der Waals surface area contributed by atoms with Crippen molar-refractivity contribution < 1.29 is 8.98 Å². The van der Waals surface area contributed by atoms with E-state index in [1.165, 1.54) is 22.4 Å². The molecule has 164 valence electrons. The average Bonchev–Trinajstić information content (AvgIpc) is 3.38. The van der Waals surface area contributed by atoms with E-state index < -0.39 is 0 Å². The van der Waals surface area contributed by atoms with Crippen LogP contribution in [0.3, 0.4) is 0 Å². The molecular weight excluding hydrogens is 404 g/mol. The van der Waals surface area contributed by atoms with Crippen LogP contribution in [0.4, 0.5) is 0 Å². The summed E-state index contributed by atoms with van der Waals surface area (Å²) in [5.41, 5.74) is 9.04. The minimum atomic E-state index is 0.176. The molecular formula is C30H29N2O+. The standard InChI is InChI=1S/C30H29N2O/c1-5-30(4,6-2)21-16-17-32-19(3)22-12-13-23-24-14-15-25(20-10-8-7-9-11-20)31-29(24)33-28(23)27(22)26(32)18-21/h7-19H,5-6H2,1-4H3/q+1. The van der Waals surface area contributed by atoms with Crippen LogP contribution in [0.5, 0.6) is 0 Å². The number of fused-ring (bicyclic) bond motifs is 7. The summed E-state index contributed by atoms with van der Waals surface area (Å²) in [5, 5.41) is 2.21. The van der Waals surface area contributed by atoms with Gasteiger partial charge in [0, 0.05) is 41.0 Å². The fourth-order valence-electron chi connectivity index (χ4n) is 5.35. The smallest absolute Gasteiger partial charge is 0.227 e. The predicted octanol–water partition coefficient (Wildman–Crippen LogP) is 7.60. The summed E-state index contributed by atoms with van der Waals surface area (Å²) >= 11 is 0. The molecule has 0 saturated heterocycles. The molecule has 0 amide bonds. The summed E-state index contributed by atoms with van der Waals surface area (Å²) < 4.78 is 8.90. The van der Waals surface area contributed by atoms with Gasteiger partial charge in [0.05, 0.1) is 11.3 Å². The largest absolute Gasteiger partial charge is 0.437 e. The molecule has 1 aliphatic heterocycles. The van der Waals surface area contributed by atoms with E-state index in [1.807, 2.05) is 18.2 Å². The van der Waals surface area contributed by atoms with E-state index >= 15 is 0 Å². The van der Waals surface area contributed by atoms with Crippen LogP contribution in [0.1, 0.15) is 57.7 Å². The second-order valence-corrected chi connectivity index (χ2v) is 9.58. The first-order valence-electron chi connectivity index (χ1n) is 12.0. The van der Waals surface area contributed by atoms with Crippen LogP contribution in [0.2, 0.25) is 0 Å². The number of hydrogen-bond donors (Lipinski definition) is 0. The van der Waals surface area contributed by atoms with Crippen LogP contribution in [0.25, 0.3) is 44.6 Å². The zero-order chi connectivity index (χ0) is 22.7. The summed E-state index contributed by atoms with van der Waals surface area (Å²) in [5.74, 6) is 0. The highest BCUT2D eigenvalue weighted by Crippen LogP contribution is 2.43. The SMILES string of the molecule is CCC(C)(CC)c1cc[n+]2c(c1)-c1c(ccc3c1oc1nc(-c4ccccc4)ccc13)C2C. The van der Waals surface area contributed by atoms with E-state index in [0.717, 1.165) is 40.5 Å². The molecule has 0 saturated carbocycles. The molecule has 1 aliphatic rings. The van der Waals surface area contributed by atoms with Gasteiger partial charge in [-0.3, -0.25) is 0 Å². The van der Waals surface area contributed by atoms with Crippen molar-refractivity contribution in [2.45, 2.75) is 52.0 Å². The maximum atomic E-state index is 6.52. The molecule has 3 nitrogen and oxygen atoms in total. The molecule has 3 heteroatoms. The molecule has 0 fully saturated rings. The number of pyridine rings is 2. The fourth-order valence-corrected chi connectivity index (χ4v) is 5.35. The van der Waals surface area contributed by atoms with Crippen LogP contribution in [0, 0.1) is 0 Å². The van der Waals surface area contributed by atoms with E-state index in [-0.39, 0.29) is 11.5 Å². The zero-order valence-corrected chi connectivity index (χ0v) is 19.7. The molecule has 3 aromatic heterocycles. The molecule has 5 aromatic rings. The molecule has 0 spiro atoms. The van der Waals surface area contributed by atoms with Crippen LogP contribution in [-0.2, 0) is 5.41 Å². The van der Waals surface area contributed by atoms with Crippen molar-refractivity contribution in [2.75, 3.05) is 0 Å². The number of nitrogens with zero attached hydrogens (tertiary/aromatic N) is 2. The van der Waals surface area contributed by atoms with Gasteiger partial charge < -0.3 is 4.42 Å². The lowest BCUT2D eigenvalue weighted by atomic mass is 9.78. The van der Waals surface area contributed by atoms with E-state index in [9.17, 15) is 0 Å². The number of benzene rings is 2. The molecule has 0 bridgehead atoms. The van der Waals surface area contributed by atoms with Gasteiger partial charge in [0.2, 0.25) is 11.4 Å². The zero-order valence-electron chi connectivity index (χ0n) is 19.7. The number of aromatic nitrogens is 2. The van der Waals surface area contributed by atoms with Gasteiger partial charge in [-0.1, -0.05) is 57.2 Å². The van der Waals surface area contributed by atoms with E-state index in [4.69, 9.17) is 9.40 Å². The molecule has 0 N–H and O–H groups in total. The Morgan fingerprint density at radius 1 is 0.939 bits per heavy atom. The normalized spacial score (nSPS) is 15.2. The third-order valence-electron chi connectivity index (χ3n) is 7.97. The lowest BCUT2D eigenvalue weighted by Crippen LogP contribution is -2.36. The third kappa shape index (κ3) is 2.88. The summed E-state index contributed by atoms with van der Waals surface area (Å²) in [7, 11) is 0. The third-order valence-corrected chi connectivity index (χ3v) is 7.97. The summed E-state index contributed by atoms with van der Waals surface area (Å²) in [6, 6.07) is 24.0. The summed E-state index contributed by atoms with van der Waals surface area (Å²) in [4.78, 5) is 4.89. The Morgan fingerprint density at radius 3 is 2.45 bits per heavy atom. The summed E-state index contributed by atoms with van der Waals surface area (Å²) in [6.45, 7) is 9.21. The Labute approximate surface area is 194 Å². The Bertz CT molecular complexity index is 1510. The van der Waals surface area contributed by atoms with Crippen molar-refractivity contribution in [1.29, 1.82) is 0 Å². The van der Waals surface area contributed by atoms with Crippen molar-refractivity contribution in [1.82, 2.24) is 4.98 Å². The monoisotopic (exact) mass is 433 g/mol. The molecule has 6 rings (SSSR count). The van der Waals surface area contributed by atoms with Crippen LogP contribution in [-0.4, -0.2) is 4.98 Å². The van der Waals surface area contributed by atoms with Gasteiger partial charge in [0.25, 0.3) is 0 Å². The fraction of sp³-hybridized carbons (Fsp3) is 0.267. The van der Waals surface area contributed by atoms with E-state index in [2.05, 4.69) is 87.0 Å². The van der Waals surface area contributed by atoms with Gasteiger partial charge >= 0.3 is 0 Å². The maximum Gasteiger partial charge on any atom is 0.227 e. The molecule has 33 heavy (non-hydrogen) atoms. The molecule has 0 radical (unpaired) electrons. The molecule has 1 unspecified atom stereocenters. The van der Waals surface area contributed by atoms with Crippen LogP contribution in [0.15, 0.2) is 77.3 Å². The lowest BCUT2D eigenvalue weighted by molar-refractivity contribution is -0.694. The van der Waals surface area contributed by atoms with E-state index in [0.29, 0.717) is 5.71 Å². The second kappa shape index (κ2) is 7.28. The highest BCUT2D eigenvalue weighted by Gasteiger charge is 2.38. The minimum Gasteiger partial charge on any atom is -0.437 e. The van der Waals surface area contributed by atoms with Gasteiger partial charge in [0.1, 0.15) is 0 Å². The Hall–Kier alpha value is -3.46. The highest BCUT2D eigenvalue weighted by atomic mass is 16.3. The molecule has 4 heterocycles. The van der Waals surface area contributed by atoms with Crippen molar-refractivity contribution in [2.24, 2.45) is 0 Å². The van der Waals surface area contributed by atoms with Crippen molar-refractivity contribution in [3.8, 4) is 22.5 Å². The minimum absolute atomic E-state index is 0.176. The lowest BCUT2D eigenvalue weighted by Gasteiger charge is -2.26. The van der Waals surface area contributed by atoms with E-state index in [1.54, 1.807) is 0 Å². The van der Waals surface area contributed by atoms with Gasteiger partial charge in [-0.05, 0) is 42.0 Å². The number of furan rings is 1. The van der Waals surface area contributed by atoms with Gasteiger partial charge in [-0.25, -0.2) is 4.98 Å². The molecule has 1 atom stereocenters. The Morgan fingerprint density at radius 2 is 1.70 bits per heavy atom. The summed E-state index contributed by atoms with van der Waals surface area (Å²) in [6.07, 6.45) is 4.51. The van der Waals surface area contributed by atoms with Gasteiger partial charge in [-0.2, -0.15) is 4.57 Å². The maximum absolute atomic E-state index is 6.52. The first-order valence-corrected chi connectivity index (χ1v) is 12.0. The number of hydrogen-bond acceptors (Lipinski definition) is 2. The number of rotatable bonds is 4. The van der Waals surface area contributed by atoms with Crippen LogP contribution < -0.4 is 4.57 Å². The predicted molar refractivity (Wildman–Crippen MR) is 134 cm³/mol. The van der Waals surface area contributed by atoms with Gasteiger partial charge in [-0.15, -0.1) is 0 Å². The van der Waals surface area contributed by atoms with Gasteiger partial charge in [0.15, 0.2) is 17.8 Å². The first-order chi connectivity index (χ1) is 16.0. The molecule has 2 aromatic carbocycles. The topological polar surface area (TPSA) is 29.9 Å². The van der Waals surface area contributed by atoms with Crippen molar-refractivity contribution in [3.05, 3.63) is 84.1 Å². The Balaban J connectivity index is 1.59.